The third-order valence-electron chi connectivity index (χ3n) is 4.62. The van der Waals surface area contributed by atoms with Gasteiger partial charge in [-0.3, -0.25) is 0 Å². The Bertz CT molecular complexity index is 1050. The summed E-state index contributed by atoms with van der Waals surface area (Å²) in [5, 5.41) is 2.67. The fourth-order valence-electron chi connectivity index (χ4n) is 3.48. The molecule has 4 rings (SSSR count). The predicted octanol–water partition coefficient (Wildman–Crippen LogP) is 6.29. The van der Waals surface area contributed by atoms with Crippen molar-refractivity contribution in [2.24, 2.45) is 0 Å². The number of para-hydroxylation sites is 1. The highest BCUT2D eigenvalue weighted by atomic mass is 15.0. The summed E-state index contributed by atoms with van der Waals surface area (Å²) in [6, 6.07) is 24.0. The molecule has 0 spiro atoms. The molecule has 3 aromatic carbocycles. The molecule has 0 aliphatic rings. The number of nitrogens with zero attached hydrogens (tertiary/aromatic N) is 1. The molecule has 0 unspecified atom stereocenters. The van der Waals surface area contributed by atoms with Crippen LogP contribution in [-0.4, -0.2) is 4.57 Å². The third kappa shape index (κ3) is 2.52. The summed E-state index contributed by atoms with van der Waals surface area (Å²) in [5.41, 5.74) is 6.40. The van der Waals surface area contributed by atoms with E-state index in [1.165, 1.54) is 38.5 Å². The highest BCUT2D eigenvalue weighted by Gasteiger charge is 2.08. The molecule has 1 heteroatoms. The van der Waals surface area contributed by atoms with E-state index >= 15 is 0 Å². The summed E-state index contributed by atoms with van der Waals surface area (Å²) >= 11 is 0. The van der Waals surface area contributed by atoms with Crippen LogP contribution in [0.4, 0.5) is 0 Å². The highest BCUT2D eigenvalue weighted by molar-refractivity contribution is 6.08. The summed E-state index contributed by atoms with van der Waals surface area (Å²) in [6.07, 6.45) is 4.39. The average molecular weight is 311 g/mol. The normalized spacial score (nSPS) is 11.8. The third-order valence-corrected chi connectivity index (χ3v) is 4.62. The van der Waals surface area contributed by atoms with Gasteiger partial charge in [0.1, 0.15) is 0 Å². The van der Waals surface area contributed by atoms with Crippen molar-refractivity contribution in [1.29, 1.82) is 0 Å². The van der Waals surface area contributed by atoms with Gasteiger partial charge in [-0.1, -0.05) is 66.2 Å². The molecule has 0 amide bonds. The van der Waals surface area contributed by atoms with E-state index in [-0.39, 0.29) is 0 Å². The van der Waals surface area contributed by atoms with Crippen molar-refractivity contribution in [3.05, 3.63) is 83.4 Å². The Morgan fingerprint density at radius 3 is 2.29 bits per heavy atom. The van der Waals surface area contributed by atoms with Gasteiger partial charge in [0.2, 0.25) is 0 Å². The number of aromatic nitrogens is 1. The molecule has 0 radical (unpaired) electrons. The van der Waals surface area contributed by atoms with Crippen molar-refractivity contribution >= 4 is 34.0 Å². The van der Waals surface area contributed by atoms with Crippen molar-refractivity contribution in [2.75, 3.05) is 0 Å². The van der Waals surface area contributed by atoms with Gasteiger partial charge < -0.3 is 4.57 Å². The van der Waals surface area contributed by atoms with Crippen LogP contribution in [0.3, 0.4) is 0 Å². The molecule has 118 valence electrons. The van der Waals surface area contributed by atoms with E-state index < -0.39 is 0 Å². The van der Waals surface area contributed by atoms with E-state index in [0.29, 0.717) is 0 Å². The van der Waals surface area contributed by atoms with Gasteiger partial charge in [0.15, 0.2) is 0 Å². The van der Waals surface area contributed by atoms with Crippen LogP contribution in [0.15, 0.2) is 66.7 Å². The number of fused-ring (bicyclic) bond motifs is 3. The largest absolute Gasteiger partial charge is 0.341 e. The van der Waals surface area contributed by atoms with Gasteiger partial charge in [0.05, 0.1) is 0 Å². The van der Waals surface area contributed by atoms with Crippen molar-refractivity contribution < 1.29 is 0 Å². The lowest BCUT2D eigenvalue weighted by molar-refractivity contribution is 0.827. The minimum Gasteiger partial charge on any atom is -0.341 e. The SMILES string of the molecule is CCn1c2ccccc2c2cc(/C=C/c3cccc(C)c3)ccc21. The maximum absolute atomic E-state index is 2.39. The first kappa shape index (κ1) is 14.8. The summed E-state index contributed by atoms with van der Waals surface area (Å²) in [7, 11) is 0. The van der Waals surface area contributed by atoms with Crippen LogP contribution in [-0.2, 0) is 6.54 Å². The lowest BCUT2D eigenvalue weighted by Crippen LogP contribution is -1.92. The second kappa shape index (κ2) is 6.01. The first-order valence-corrected chi connectivity index (χ1v) is 8.52. The van der Waals surface area contributed by atoms with Gasteiger partial charge in [-0.15, -0.1) is 0 Å². The van der Waals surface area contributed by atoms with E-state index in [2.05, 4.69) is 97.3 Å². The van der Waals surface area contributed by atoms with Gasteiger partial charge in [-0.2, -0.15) is 0 Å². The van der Waals surface area contributed by atoms with E-state index in [4.69, 9.17) is 0 Å². The number of rotatable bonds is 3. The molecule has 1 nitrogen and oxygen atoms in total. The zero-order chi connectivity index (χ0) is 16.5. The molecule has 0 N–H and O–H groups in total. The quantitative estimate of drug-likeness (QED) is 0.392. The Labute approximate surface area is 142 Å². The molecule has 0 atom stereocenters. The smallest absolute Gasteiger partial charge is 0.0491 e. The van der Waals surface area contributed by atoms with Crippen LogP contribution in [0.1, 0.15) is 23.6 Å². The van der Waals surface area contributed by atoms with Crippen LogP contribution in [0.25, 0.3) is 34.0 Å². The van der Waals surface area contributed by atoms with E-state index in [9.17, 15) is 0 Å². The fourth-order valence-corrected chi connectivity index (χ4v) is 3.48. The van der Waals surface area contributed by atoms with Gasteiger partial charge in [0, 0.05) is 28.4 Å². The minimum absolute atomic E-state index is 0.989. The number of hydrogen-bond acceptors (Lipinski definition) is 0. The molecule has 0 fully saturated rings. The molecule has 24 heavy (non-hydrogen) atoms. The Morgan fingerprint density at radius 2 is 1.50 bits per heavy atom. The summed E-state index contributed by atoms with van der Waals surface area (Å²) < 4.78 is 2.39. The van der Waals surface area contributed by atoms with Gasteiger partial charge in [-0.25, -0.2) is 0 Å². The van der Waals surface area contributed by atoms with Crippen LogP contribution in [0.5, 0.6) is 0 Å². The monoisotopic (exact) mass is 311 g/mol. The van der Waals surface area contributed by atoms with E-state index in [1.54, 1.807) is 0 Å². The maximum atomic E-state index is 2.39. The first-order valence-electron chi connectivity index (χ1n) is 8.52. The number of hydrogen-bond donors (Lipinski definition) is 0. The molecule has 0 saturated heterocycles. The predicted molar refractivity (Wildman–Crippen MR) is 105 cm³/mol. The molecule has 1 aromatic heterocycles. The molecular formula is C23H21N. The zero-order valence-electron chi connectivity index (χ0n) is 14.2. The van der Waals surface area contributed by atoms with Gasteiger partial charge in [-0.05, 0) is 43.2 Å². The van der Waals surface area contributed by atoms with Gasteiger partial charge >= 0.3 is 0 Å². The molecular weight excluding hydrogens is 290 g/mol. The topological polar surface area (TPSA) is 4.93 Å². The van der Waals surface area contributed by atoms with Crippen molar-refractivity contribution in [1.82, 2.24) is 4.57 Å². The molecule has 1 heterocycles. The second-order valence-corrected chi connectivity index (χ2v) is 6.29. The van der Waals surface area contributed by atoms with Crippen LogP contribution in [0.2, 0.25) is 0 Å². The summed E-state index contributed by atoms with van der Waals surface area (Å²) in [6.45, 7) is 5.32. The Morgan fingerprint density at radius 1 is 0.750 bits per heavy atom. The van der Waals surface area contributed by atoms with Crippen molar-refractivity contribution in [2.45, 2.75) is 20.4 Å². The van der Waals surface area contributed by atoms with E-state index in [1.807, 2.05) is 0 Å². The fraction of sp³-hybridized carbons (Fsp3) is 0.130. The van der Waals surface area contributed by atoms with Crippen LogP contribution in [0, 0.1) is 6.92 Å². The second-order valence-electron chi connectivity index (χ2n) is 6.29. The van der Waals surface area contributed by atoms with Crippen LogP contribution < -0.4 is 0 Å². The van der Waals surface area contributed by atoms with Gasteiger partial charge in [0.25, 0.3) is 0 Å². The highest BCUT2D eigenvalue weighted by Crippen LogP contribution is 2.30. The van der Waals surface area contributed by atoms with Crippen molar-refractivity contribution in [3.8, 4) is 0 Å². The average Bonchev–Trinajstić information content (AvgIpc) is 2.93. The number of benzene rings is 3. The first-order chi connectivity index (χ1) is 11.8. The van der Waals surface area contributed by atoms with Crippen molar-refractivity contribution in [3.63, 3.8) is 0 Å². The van der Waals surface area contributed by atoms with E-state index in [0.717, 1.165) is 6.54 Å². The molecule has 0 bridgehead atoms. The zero-order valence-corrected chi connectivity index (χ0v) is 14.2. The molecule has 0 aliphatic carbocycles. The Balaban J connectivity index is 1.82. The summed E-state index contributed by atoms with van der Waals surface area (Å²) in [5.74, 6) is 0. The summed E-state index contributed by atoms with van der Waals surface area (Å²) in [4.78, 5) is 0. The molecule has 0 aliphatic heterocycles. The lowest BCUT2D eigenvalue weighted by atomic mass is 10.1. The molecule has 0 saturated carbocycles. The standard InChI is InChI=1S/C23H21N/c1-3-24-22-10-5-4-9-20(22)21-16-19(13-14-23(21)24)12-11-18-8-6-7-17(2)15-18/h4-16H,3H2,1-2H3/b12-11+. The minimum atomic E-state index is 0.989. The Hall–Kier alpha value is -2.80. The Kier molecular flexibility index (Phi) is 3.70. The van der Waals surface area contributed by atoms with Crippen LogP contribution >= 0.6 is 0 Å². The number of aryl methyl sites for hydroxylation is 2. The molecule has 4 aromatic rings. The maximum Gasteiger partial charge on any atom is 0.0491 e. The lowest BCUT2D eigenvalue weighted by Gasteiger charge is -2.02.